The zero-order chi connectivity index (χ0) is 14.5. The molecule has 104 valence electrons. The Morgan fingerprint density at radius 1 is 1.45 bits per heavy atom. The van der Waals surface area contributed by atoms with Crippen LogP contribution >= 0.6 is 15.9 Å². The average molecular weight is 339 g/mol. The number of nitrogens with one attached hydrogen (secondary N) is 1. The lowest BCUT2D eigenvalue weighted by atomic mass is 10.2. The van der Waals surface area contributed by atoms with Gasteiger partial charge in [-0.05, 0) is 6.07 Å². The van der Waals surface area contributed by atoms with Crippen LogP contribution in [0.4, 0.5) is 11.6 Å². The number of rotatable bonds is 5. The highest BCUT2D eigenvalue weighted by Gasteiger charge is 2.19. The molecule has 0 saturated carbocycles. The van der Waals surface area contributed by atoms with Gasteiger partial charge in [0.25, 0.3) is 5.88 Å². The third-order valence-electron chi connectivity index (χ3n) is 2.48. The summed E-state index contributed by atoms with van der Waals surface area (Å²) < 4.78 is 6.31. The van der Waals surface area contributed by atoms with Crippen molar-refractivity contribution in [3.05, 3.63) is 50.6 Å². The van der Waals surface area contributed by atoms with E-state index in [0.717, 1.165) is 16.2 Å². The Labute approximate surface area is 123 Å². The number of ether oxygens (including phenoxy) is 1. The molecule has 1 aromatic heterocycles. The van der Waals surface area contributed by atoms with Crippen LogP contribution in [0.25, 0.3) is 0 Å². The molecule has 0 bridgehead atoms. The number of hydrogen-bond donors (Lipinski definition) is 1. The molecule has 0 saturated heterocycles. The topological polar surface area (TPSA) is 90.2 Å². The highest BCUT2D eigenvalue weighted by atomic mass is 79.9. The first-order chi connectivity index (χ1) is 9.61. The molecule has 0 radical (unpaired) electrons. The predicted molar refractivity (Wildman–Crippen MR) is 76.7 cm³/mol. The van der Waals surface area contributed by atoms with Crippen LogP contribution in [0.2, 0.25) is 0 Å². The number of nitro groups is 1. The first kappa shape index (κ1) is 14.2. The Morgan fingerprint density at radius 2 is 2.20 bits per heavy atom. The predicted octanol–water partition coefficient (Wildman–Crippen LogP) is 2.77. The monoisotopic (exact) mass is 338 g/mol. The van der Waals surface area contributed by atoms with Gasteiger partial charge in [-0.3, -0.25) is 10.1 Å². The summed E-state index contributed by atoms with van der Waals surface area (Å²) in [5.41, 5.74) is 0.600. The standard InChI is InChI=1S/C12H11BrN4O3/c1-14-12-15-6-10(17(18)19)11(16-12)20-7-8-4-2-3-5-9(8)13/h2-6H,7H2,1H3,(H,14,15,16). The maximum absolute atomic E-state index is 10.9. The molecule has 0 unspecified atom stereocenters. The fraction of sp³-hybridized carbons (Fsp3) is 0.167. The normalized spacial score (nSPS) is 10.1. The van der Waals surface area contributed by atoms with Crippen molar-refractivity contribution in [2.75, 3.05) is 12.4 Å². The van der Waals surface area contributed by atoms with Crippen molar-refractivity contribution >= 4 is 27.6 Å². The molecule has 0 atom stereocenters. The minimum Gasteiger partial charge on any atom is -0.468 e. The quantitative estimate of drug-likeness (QED) is 0.665. The van der Waals surface area contributed by atoms with Gasteiger partial charge in [-0.1, -0.05) is 34.1 Å². The molecule has 1 aromatic carbocycles. The zero-order valence-electron chi connectivity index (χ0n) is 10.5. The Hall–Kier alpha value is -2.22. The fourth-order valence-electron chi connectivity index (χ4n) is 1.47. The van der Waals surface area contributed by atoms with Gasteiger partial charge in [0.2, 0.25) is 5.95 Å². The Bertz CT molecular complexity index is 636. The minimum atomic E-state index is -0.575. The molecule has 2 rings (SSSR count). The molecular weight excluding hydrogens is 328 g/mol. The number of anilines is 1. The van der Waals surface area contributed by atoms with Crippen molar-refractivity contribution in [2.45, 2.75) is 6.61 Å². The SMILES string of the molecule is CNc1ncc([N+](=O)[O-])c(OCc2ccccc2Br)n1. The smallest absolute Gasteiger partial charge is 0.349 e. The first-order valence-electron chi connectivity index (χ1n) is 5.67. The van der Waals surface area contributed by atoms with Crippen LogP contribution in [0, 0.1) is 10.1 Å². The van der Waals surface area contributed by atoms with Gasteiger partial charge in [0.15, 0.2) is 0 Å². The molecule has 20 heavy (non-hydrogen) atoms. The number of halogens is 1. The van der Waals surface area contributed by atoms with Gasteiger partial charge < -0.3 is 10.1 Å². The van der Waals surface area contributed by atoms with Gasteiger partial charge in [-0.15, -0.1) is 0 Å². The minimum absolute atomic E-state index is 0.0647. The van der Waals surface area contributed by atoms with E-state index in [-0.39, 0.29) is 24.1 Å². The zero-order valence-corrected chi connectivity index (χ0v) is 12.1. The van der Waals surface area contributed by atoms with Crippen LogP contribution < -0.4 is 10.1 Å². The van der Waals surface area contributed by atoms with Gasteiger partial charge >= 0.3 is 5.69 Å². The van der Waals surface area contributed by atoms with Crippen LogP contribution in [0.3, 0.4) is 0 Å². The molecule has 7 nitrogen and oxygen atoms in total. The van der Waals surface area contributed by atoms with E-state index in [0.29, 0.717) is 0 Å². The second-order valence-corrected chi connectivity index (χ2v) is 4.63. The molecule has 0 aliphatic heterocycles. The van der Waals surface area contributed by atoms with Crippen LogP contribution in [0.1, 0.15) is 5.56 Å². The molecule has 2 aromatic rings. The van der Waals surface area contributed by atoms with Gasteiger partial charge in [0.1, 0.15) is 12.8 Å². The Balaban J connectivity index is 2.24. The van der Waals surface area contributed by atoms with Gasteiger partial charge in [0, 0.05) is 17.1 Å². The van der Waals surface area contributed by atoms with E-state index >= 15 is 0 Å². The summed E-state index contributed by atoms with van der Waals surface area (Å²) in [7, 11) is 1.62. The third-order valence-corrected chi connectivity index (χ3v) is 3.25. The van der Waals surface area contributed by atoms with Crippen LogP contribution in [-0.4, -0.2) is 21.9 Å². The third kappa shape index (κ3) is 3.21. The molecule has 0 amide bonds. The van der Waals surface area contributed by atoms with Crippen molar-refractivity contribution in [1.82, 2.24) is 9.97 Å². The van der Waals surface area contributed by atoms with Gasteiger partial charge in [-0.2, -0.15) is 4.98 Å². The summed E-state index contributed by atoms with van der Waals surface area (Å²) in [6.45, 7) is 0.169. The highest BCUT2D eigenvalue weighted by molar-refractivity contribution is 9.10. The Kier molecular flexibility index (Phi) is 4.46. The van der Waals surface area contributed by atoms with Crippen LogP contribution in [0.15, 0.2) is 34.9 Å². The molecule has 0 fully saturated rings. The average Bonchev–Trinajstić information content (AvgIpc) is 2.46. The number of nitrogens with zero attached hydrogens (tertiary/aromatic N) is 3. The Morgan fingerprint density at radius 3 is 2.85 bits per heavy atom. The number of hydrogen-bond acceptors (Lipinski definition) is 6. The molecule has 0 spiro atoms. The maximum Gasteiger partial charge on any atom is 0.349 e. The van der Waals surface area contributed by atoms with E-state index in [1.54, 1.807) is 7.05 Å². The highest BCUT2D eigenvalue weighted by Crippen LogP contribution is 2.26. The lowest BCUT2D eigenvalue weighted by Crippen LogP contribution is -2.05. The summed E-state index contributed by atoms with van der Waals surface area (Å²) in [5.74, 6) is 0.197. The van der Waals surface area contributed by atoms with Crippen LogP contribution in [0.5, 0.6) is 5.88 Å². The summed E-state index contributed by atoms with van der Waals surface area (Å²) in [6, 6.07) is 7.46. The van der Waals surface area contributed by atoms with E-state index < -0.39 is 4.92 Å². The molecule has 8 heteroatoms. The van der Waals surface area contributed by atoms with E-state index in [1.165, 1.54) is 0 Å². The molecule has 1 heterocycles. The largest absolute Gasteiger partial charge is 0.468 e. The van der Waals surface area contributed by atoms with E-state index in [9.17, 15) is 10.1 Å². The fourth-order valence-corrected chi connectivity index (χ4v) is 1.87. The van der Waals surface area contributed by atoms with Crippen molar-refractivity contribution in [3.8, 4) is 5.88 Å². The van der Waals surface area contributed by atoms with E-state index in [1.807, 2.05) is 24.3 Å². The summed E-state index contributed by atoms with van der Waals surface area (Å²) in [5, 5.41) is 13.6. The molecule has 0 aliphatic carbocycles. The van der Waals surface area contributed by atoms with Crippen LogP contribution in [-0.2, 0) is 6.61 Å². The van der Waals surface area contributed by atoms with Gasteiger partial charge in [-0.25, -0.2) is 4.98 Å². The van der Waals surface area contributed by atoms with Gasteiger partial charge in [0.05, 0.1) is 4.92 Å². The lowest BCUT2D eigenvalue weighted by Gasteiger charge is -2.08. The van der Waals surface area contributed by atoms with E-state index in [4.69, 9.17) is 4.74 Å². The molecule has 1 N–H and O–H groups in total. The van der Waals surface area contributed by atoms with Crippen molar-refractivity contribution in [3.63, 3.8) is 0 Å². The van der Waals surface area contributed by atoms with Crippen molar-refractivity contribution in [1.29, 1.82) is 0 Å². The number of aromatic nitrogens is 2. The van der Waals surface area contributed by atoms with Crippen molar-refractivity contribution < 1.29 is 9.66 Å². The summed E-state index contributed by atoms with van der Waals surface area (Å²) in [6.07, 6.45) is 1.12. The number of benzene rings is 1. The van der Waals surface area contributed by atoms with E-state index in [2.05, 4.69) is 31.2 Å². The molecule has 0 aliphatic rings. The first-order valence-corrected chi connectivity index (χ1v) is 6.46. The summed E-state index contributed by atoms with van der Waals surface area (Å²) >= 11 is 3.39. The second kappa shape index (κ2) is 6.29. The maximum atomic E-state index is 10.9. The second-order valence-electron chi connectivity index (χ2n) is 3.77. The molecular formula is C12H11BrN4O3. The lowest BCUT2D eigenvalue weighted by molar-refractivity contribution is -0.386. The summed E-state index contributed by atoms with van der Waals surface area (Å²) in [4.78, 5) is 18.1. The van der Waals surface area contributed by atoms with Crippen molar-refractivity contribution in [2.24, 2.45) is 0 Å².